The first-order chi connectivity index (χ1) is 5.16. The Kier molecular flexibility index (Phi) is 1.98. The highest BCUT2D eigenvalue weighted by atomic mass is 16.5. The van der Waals surface area contributed by atoms with Crippen molar-refractivity contribution < 1.29 is 13.9 Å². The quantitative estimate of drug-likeness (QED) is 0.578. The van der Waals surface area contributed by atoms with Gasteiger partial charge in [0.2, 0.25) is 0 Å². The van der Waals surface area contributed by atoms with Crippen LogP contribution in [0, 0.1) is 13.8 Å². The molecule has 0 N–H and O–H groups in total. The van der Waals surface area contributed by atoms with Crippen LogP contribution < -0.4 is 0 Å². The van der Waals surface area contributed by atoms with E-state index in [-0.39, 0.29) is 5.97 Å². The lowest BCUT2D eigenvalue weighted by Gasteiger charge is -1.94. The highest BCUT2D eigenvalue weighted by Crippen LogP contribution is 2.15. The summed E-state index contributed by atoms with van der Waals surface area (Å²) < 4.78 is 9.55. The van der Waals surface area contributed by atoms with Crippen molar-refractivity contribution in [2.24, 2.45) is 0 Å². The number of furan rings is 1. The Balaban J connectivity index is 3.04. The third-order valence-electron chi connectivity index (χ3n) is 1.69. The van der Waals surface area contributed by atoms with Crippen LogP contribution in [0.3, 0.4) is 0 Å². The Morgan fingerprint density at radius 2 is 2.18 bits per heavy atom. The number of aryl methyl sites for hydroxylation is 1. The molecule has 1 aromatic rings. The second kappa shape index (κ2) is 2.78. The van der Waals surface area contributed by atoms with Crippen LogP contribution in [0.25, 0.3) is 0 Å². The minimum atomic E-state index is -0.348. The predicted octanol–water partition coefficient (Wildman–Crippen LogP) is 1.68. The highest BCUT2D eigenvalue weighted by molar-refractivity contribution is 5.90. The maximum Gasteiger partial charge on any atom is 0.341 e. The van der Waals surface area contributed by atoms with E-state index in [1.54, 1.807) is 0 Å². The van der Waals surface area contributed by atoms with Crippen molar-refractivity contribution >= 4 is 5.97 Å². The zero-order valence-corrected chi connectivity index (χ0v) is 6.80. The lowest BCUT2D eigenvalue weighted by atomic mass is 10.2. The zero-order valence-electron chi connectivity index (χ0n) is 6.80. The number of rotatable bonds is 1. The summed E-state index contributed by atoms with van der Waals surface area (Å²) in [5.74, 6) is 0.407. The number of carbonyl (C=O) groups is 1. The largest absolute Gasteiger partial charge is 0.468 e. The van der Waals surface area contributed by atoms with Gasteiger partial charge < -0.3 is 9.15 Å². The van der Waals surface area contributed by atoms with Crippen LogP contribution in [-0.2, 0) is 4.74 Å². The molecule has 0 bridgehead atoms. The molecule has 3 heteroatoms. The molecule has 3 nitrogen and oxygen atoms in total. The Hall–Kier alpha value is -1.25. The zero-order chi connectivity index (χ0) is 8.43. The molecule has 0 radical (unpaired) electrons. The van der Waals surface area contributed by atoms with E-state index in [1.165, 1.54) is 13.4 Å². The summed E-state index contributed by atoms with van der Waals surface area (Å²) in [7, 11) is 1.35. The molecule has 0 fully saturated rings. The average Bonchev–Trinajstić information content (AvgIpc) is 2.32. The Bertz CT molecular complexity index is 273. The molecule has 0 aliphatic rings. The number of hydrogen-bond acceptors (Lipinski definition) is 3. The topological polar surface area (TPSA) is 39.4 Å². The molecule has 1 heterocycles. The van der Waals surface area contributed by atoms with E-state index in [9.17, 15) is 4.79 Å². The van der Waals surface area contributed by atoms with Crippen molar-refractivity contribution in [2.45, 2.75) is 13.8 Å². The molecule has 0 aromatic carbocycles. The molecule has 0 spiro atoms. The van der Waals surface area contributed by atoms with Crippen molar-refractivity contribution in [1.82, 2.24) is 0 Å². The fourth-order valence-corrected chi connectivity index (χ4v) is 0.825. The Morgan fingerprint density at radius 3 is 2.55 bits per heavy atom. The Morgan fingerprint density at radius 1 is 1.55 bits per heavy atom. The molecule has 1 rings (SSSR count). The van der Waals surface area contributed by atoms with Crippen molar-refractivity contribution in [1.29, 1.82) is 0 Å². The van der Waals surface area contributed by atoms with Crippen LogP contribution in [0.1, 0.15) is 21.7 Å². The number of ether oxygens (including phenoxy) is 1. The van der Waals surface area contributed by atoms with Gasteiger partial charge in [0, 0.05) is 5.56 Å². The van der Waals surface area contributed by atoms with Gasteiger partial charge in [-0.1, -0.05) is 0 Å². The predicted molar refractivity (Wildman–Crippen MR) is 39.5 cm³/mol. The molecule has 0 unspecified atom stereocenters. The van der Waals surface area contributed by atoms with Crippen LogP contribution in [-0.4, -0.2) is 13.1 Å². The van der Waals surface area contributed by atoms with Gasteiger partial charge in [-0.2, -0.15) is 0 Å². The first kappa shape index (κ1) is 7.85. The van der Waals surface area contributed by atoms with Crippen molar-refractivity contribution in [3.05, 3.63) is 23.2 Å². The molecule has 0 atom stereocenters. The lowest BCUT2D eigenvalue weighted by Crippen LogP contribution is -2.00. The van der Waals surface area contributed by atoms with Gasteiger partial charge in [-0.05, 0) is 13.8 Å². The lowest BCUT2D eigenvalue weighted by molar-refractivity contribution is 0.0599. The molecule has 0 saturated carbocycles. The number of methoxy groups -OCH3 is 1. The SMILES string of the molecule is COC(=O)c1coc(C)c1C. The van der Waals surface area contributed by atoms with E-state index < -0.39 is 0 Å². The monoisotopic (exact) mass is 154 g/mol. The van der Waals surface area contributed by atoms with Gasteiger partial charge in [0.05, 0.1) is 7.11 Å². The molecule has 0 amide bonds. The van der Waals surface area contributed by atoms with Gasteiger partial charge in [-0.15, -0.1) is 0 Å². The second-order valence-corrected chi connectivity index (χ2v) is 2.32. The second-order valence-electron chi connectivity index (χ2n) is 2.32. The summed E-state index contributed by atoms with van der Waals surface area (Å²) in [5, 5.41) is 0. The third-order valence-corrected chi connectivity index (χ3v) is 1.69. The van der Waals surface area contributed by atoms with E-state index in [1.807, 2.05) is 13.8 Å². The smallest absolute Gasteiger partial charge is 0.341 e. The van der Waals surface area contributed by atoms with Crippen LogP contribution in [0.4, 0.5) is 0 Å². The maximum atomic E-state index is 11.0. The van der Waals surface area contributed by atoms with Gasteiger partial charge >= 0.3 is 5.97 Å². The van der Waals surface area contributed by atoms with E-state index >= 15 is 0 Å². The molecule has 60 valence electrons. The summed E-state index contributed by atoms with van der Waals surface area (Å²) in [6.45, 7) is 3.63. The normalized spacial score (nSPS) is 9.73. The molecule has 0 aliphatic heterocycles. The standard InChI is InChI=1S/C8H10O3/c1-5-6(2)11-4-7(5)8(9)10-3/h4H,1-3H3. The average molecular weight is 154 g/mol. The van der Waals surface area contributed by atoms with Gasteiger partial charge in [0.1, 0.15) is 17.6 Å². The van der Waals surface area contributed by atoms with Gasteiger partial charge in [-0.25, -0.2) is 4.79 Å². The van der Waals surface area contributed by atoms with Crippen LogP contribution in [0.2, 0.25) is 0 Å². The summed E-state index contributed by atoms with van der Waals surface area (Å²) in [4.78, 5) is 11.0. The van der Waals surface area contributed by atoms with Crippen molar-refractivity contribution in [3.8, 4) is 0 Å². The summed E-state index contributed by atoms with van der Waals surface area (Å²) in [5.41, 5.74) is 1.35. The van der Waals surface area contributed by atoms with Crippen LogP contribution >= 0.6 is 0 Å². The van der Waals surface area contributed by atoms with Crippen LogP contribution in [0.15, 0.2) is 10.7 Å². The maximum absolute atomic E-state index is 11.0. The fourth-order valence-electron chi connectivity index (χ4n) is 0.825. The van der Waals surface area contributed by atoms with Gasteiger partial charge in [-0.3, -0.25) is 0 Å². The molecule has 0 aliphatic carbocycles. The minimum absolute atomic E-state index is 0.348. The first-order valence-corrected chi connectivity index (χ1v) is 3.29. The fraction of sp³-hybridized carbons (Fsp3) is 0.375. The highest BCUT2D eigenvalue weighted by Gasteiger charge is 2.13. The number of carbonyl (C=O) groups excluding carboxylic acids is 1. The minimum Gasteiger partial charge on any atom is -0.468 e. The van der Waals surface area contributed by atoms with E-state index in [0.29, 0.717) is 5.56 Å². The first-order valence-electron chi connectivity index (χ1n) is 3.29. The summed E-state index contributed by atoms with van der Waals surface area (Å²) >= 11 is 0. The van der Waals surface area contributed by atoms with Crippen LogP contribution in [0.5, 0.6) is 0 Å². The van der Waals surface area contributed by atoms with Gasteiger partial charge in [0.25, 0.3) is 0 Å². The third kappa shape index (κ3) is 1.27. The molecule has 1 aromatic heterocycles. The van der Waals surface area contributed by atoms with Crippen molar-refractivity contribution in [3.63, 3.8) is 0 Å². The molecule has 0 saturated heterocycles. The number of hydrogen-bond donors (Lipinski definition) is 0. The van der Waals surface area contributed by atoms with E-state index in [2.05, 4.69) is 4.74 Å². The molecule has 11 heavy (non-hydrogen) atoms. The molecular formula is C8H10O3. The van der Waals surface area contributed by atoms with Gasteiger partial charge in [0.15, 0.2) is 0 Å². The van der Waals surface area contributed by atoms with Crippen molar-refractivity contribution in [2.75, 3.05) is 7.11 Å². The van der Waals surface area contributed by atoms with E-state index in [0.717, 1.165) is 11.3 Å². The van der Waals surface area contributed by atoms with E-state index in [4.69, 9.17) is 4.42 Å². The number of esters is 1. The summed E-state index contributed by atoms with van der Waals surface area (Å²) in [6, 6.07) is 0. The Labute approximate surface area is 65.0 Å². The summed E-state index contributed by atoms with van der Waals surface area (Å²) in [6.07, 6.45) is 1.41. The molecular weight excluding hydrogens is 144 g/mol.